The molecule has 1 aliphatic rings. The molecule has 2 heterocycles. The van der Waals surface area contributed by atoms with Crippen LogP contribution >= 0.6 is 11.3 Å². The van der Waals surface area contributed by atoms with Gasteiger partial charge in [-0.3, -0.25) is 19.2 Å². The molecule has 0 aliphatic heterocycles. The molecule has 0 saturated carbocycles. The van der Waals surface area contributed by atoms with E-state index in [4.69, 9.17) is 0 Å². The van der Waals surface area contributed by atoms with Gasteiger partial charge in [0, 0.05) is 36.7 Å². The Kier molecular flexibility index (Phi) is 4.83. The summed E-state index contributed by atoms with van der Waals surface area (Å²) in [5.41, 5.74) is 2.50. The van der Waals surface area contributed by atoms with Crippen molar-refractivity contribution in [2.45, 2.75) is 19.8 Å². The second kappa shape index (κ2) is 7.32. The molecule has 0 fully saturated rings. The summed E-state index contributed by atoms with van der Waals surface area (Å²) in [7, 11) is 1.80. The van der Waals surface area contributed by atoms with E-state index in [0.29, 0.717) is 35.7 Å². The minimum atomic E-state index is -0.859. The van der Waals surface area contributed by atoms with Crippen molar-refractivity contribution in [1.29, 1.82) is 0 Å². The van der Waals surface area contributed by atoms with Crippen LogP contribution in [0, 0.1) is 11.6 Å². The Labute approximate surface area is 169 Å². The van der Waals surface area contributed by atoms with Gasteiger partial charge in [0.15, 0.2) is 10.9 Å². The fraction of sp³-hybridized carbons (Fsp3) is 0.200. The molecule has 0 bridgehead atoms. The fourth-order valence-electron chi connectivity index (χ4n) is 3.32. The number of benzene rings is 1. The fourth-order valence-corrected chi connectivity index (χ4v) is 4.16. The number of fused-ring (bicyclic) bond motifs is 1. The topological polar surface area (TPSA) is 68.1 Å². The molecule has 1 aliphatic carbocycles. The lowest BCUT2D eigenvalue weighted by atomic mass is 9.91. The molecule has 4 rings (SSSR count). The number of aryl methyl sites for hydroxylation is 1. The van der Waals surface area contributed by atoms with E-state index in [0.717, 1.165) is 28.0 Å². The highest BCUT2D eigenvalue weighted by Gasteiger charge is 2.26. The van der Waals surface area contributed by atoms with Crippen LogP contribution in [0.25, 0.3) is 6.08 Å². The quantitative estimate of drug-likeness (QED) is 0.607. The zero-order valence-electron chi connectivity index (χ0n) is 15.6. The van der Waals surface area contributed by atoms with Crippen molar-refractivity contribution >= 4 is 39.9 Å². The van der Waals surface area contributed by atoms with Crippen molar-refractivity contribution in [2.75, 3.05) is 4.90 Å². The molecule has 6 nitrogen and oxygen atoms in total. The van der Waals surface area contributed by atoms with Crippen LogP contribution in [0.2, 0.25) is 0 Å². The predicted octanol–water partition coefficient (Wildman–Crippen LogP) is 4.05. The number of hydrogen-bond donors (Lipinski definition) is 0. The summed E-state index contributed by atoms with van der Waals surface area (Å²) in [5.74, 6) is -2.15. The first kappa shape index (κ1) is 19.1. The Hall–Kier alpha value is -3.20. The second-order valence-corrected chi connectivity index (χ2v) is 7.47. The first-order chi connectivity index (χ1) is 13.8. The van der Waals surface area contributed by atoms with Crippen LogP contribution in [0.3, 0.4) is 0 Å². The molecule has 0 unspecified atom stereocenters. The first-order valence-electron chi connectivity index (χ1n) is 8.82. The number of ketones is 1. The molecule has 0 atom stereocenters. The number of halogens is 2. The number of rotatable bonds is 3. The summed E-state index contributed by atoms with van der Waals surface area (Å²) < 4.78 is 29.1. The molecular formula is C20H16F2N4O2S. The lowest BCUT2D eigenvalue weighted by molar-refractivity contribution is -0.115. The van der Waals surface area contributed by atoms with Crippen molar-refractivity contribution < 1.29 is 18.4 Å². The van der Waals surface area contributed by atoms with Crippen LogP contribution < -0.4 is 4.90 Å². The van der Waals surface area contributed by atoms with E-state index in [2.05, 4.69) is 10.1 Å². The van der Waals surface area contributed by atoms with Gasteiger partial charge in [-0.25, -0.2) is 13.8 Å². The number of hydrogen-bond acceptors (Lipinski definition) is 5. The van der Waals surface area contributed by atoms with E-state index in [1.807, 2.05) is 0 Å². The zero-order chi connectivity index (χ0) is 20.7. The highest BCUT2D eigenvalue weighted by atomic mass is 32.1. The number of carbonyl (C=O) groups excluding carboxylic acids is 2. The SMILES string of the molecule is CC(=O)N(c1nc(/C=C2\CCc3c(cnn3C)C2=O)cs1)c1ccc(F)cc1F. The average Bonchev–Trinajstić information content (AvgIpc) is 3.27. The van der Waals surface area contributed by atoms with Crippen LogP contribution in [-0.2, 0) is 18.3 Å². The highest BCUT2D eigenvalue weighted by molar-refractivity contribution is 7.14. The van der Waals surface area contributed by atoms with Gasteiger partial charge < -0.3 is 0 Å². The smallest absolute Gasteiger partial charge is 0.230 e. The van der Waals surface area contributed by atoms with Gasteiger partial charge in [0.05, 0.1) is 23.1 Å². The third kappa shape index (κ3) is 3.49. The van der Waals surface area contributed by atoms with Crippen LogP contribution in [0.5, 0.6) is 0 Å². The van der Waals surface area contributed by atoms with Gasteiger partial charge in [-0.15, -0.1) is 11.3 Å². The highest BCUT2D eigenvalue weighted by Crippen LogP contribution is 2.33. The summed E-state index contributed by atoms with van der Waals surface area (Å²) in [6.45, 7) is 1.27. The van der Waals surface area contributed by atoms with Crippen LogP contribution in [-0.4, -0.2) is 26.5 Å². The van der Waals surface area contributed by atoms with Crippen molar-refractivity contribution in [2.24, 2.45) is 7.05 Å². The average molecular weight is 414 g/mol. The van der Waals surface area contributed by atoms with E-state index in [9.17, 15) is 18.4 Å². The summed E-state index contributed by atoms with van der Waals surface area (Å²) >= 11 is 1.13. The summed E-state index contributed by atoms with van der Waals surface area (Å²) in [4.78, 5) is 30.3. The van der Waals surface area contributed by atoms with Crippen molar-refractivity contribution in [3.63, 3.8) is 0 Å². The van der Waals surface area contributed by atoms with Crippen molar-refractivity contribution in [3.8, 4) is 0 Å². The minimum absolute atomic E-state index is 0.0822. The van der Waals surface area contributed by atoms with Crippen molar-refractivity contribution in [3.05, 3.63) is 63.9 Å². The largest absolute Gasteiger partial charge is 0.289 e. The van der Waals surface area contributed by atoms with Crippen LogP contribution in [0.4, 0.5) is 19.6 Å². The van der Waals surface area contributed by atoms with Gasteiger partial charge in [0.1, 0.15) is 11.6 Å². The first-order valence-corrected chi connectivity index (χ1v) is 9.70. The van der Waals surface area contributed by atoms with Gasteiger partial charge in [-0.05, 0) is 31.1 Å². The number of carbonyl (C=O) groups is 2. The third-order valence-corrected chi connectivity index (χ3v) is 5.56. The molecule has 1 amide bonds. The van der Waals surface area contributed by atoms with Gasteiger partial charge in [0.2, 0.25) is 5.91 Å². The lowest BCUT2D eigenvalue weighted by Gasteiger charge is -2.18. The summed E-state index contributed by atoms with van der Waals surface area (Å²) in [5, 5.41) is 6.06. The number of aromatic nitrogens is 3. The monoisotopic (exact) mass is 414 g/mol. The van der Waals surface area contributed by atoms with Crippen LogP contribution in [0.15, 0.2) is 35.3 Å². The van der Waals surface area contributed by atoms with Gasteiger partial charge in [-0.2, -0.15) is 5.10 Å². The number of thiazole rings is 1. The summed E-state index contributed by atoms with van der Waals surface area (Å²) in [6, 6.07) is 2.99. The Balaban J connectivity index is 1.66. The van der Waals surface area contributed by atoms with E-state index >= 15 is 0 Å². The summed E-state index contributed by atoms with van der Waals surface area (Å²) in [6.07, 6.45) is 4.49. The molecule has 29 heavy (non-hydrogen) atoms. The van der Waals surface area contributed by atoms with E-state index in [-0.39, 0.29) is 16.6 Å². The lowest BCUT2D eigenvalue weighted by Crippen LogP contribution is -2.23. The molecule has 0 radical (unpaired) electrons. The molecule has 2 aromatic heterocycles. The standard InChI is InChI=1S/C20H16F2N4O2S/c1-11(27)26(18-6-4-13(21)8-16(18)22)20-24-14(10-29-20)7-12-3-5-17-15(19(12)28)9-23-25(17)2/h4,6-10H,3,5H2,1-2H3/b12-7+. The zero-order valence-corrected chi connectivity index (χ0v) is 16.5. The minimum Gasteiger partial charge on any atom is -0.289 e. The molecule has 9 heteroatoms. The van der Waals surface area contributed by atoms with E-state index in [1.54, 1.807) is 29.4 Å². The predicted molar refractivity (Wildman–Crippen MR) is 105 cm³/mol. The van der Waals surface area contributed by atoms with E-state index < -0.39 is 17.5 Å². The molecule has 3 aromatic rings. The van der Waals surface area contributed by atoms with Gasteiger partial charge >= 0.3 is 0 Å². The van der Waals surface area contributed by atoms with Crippen molar-refractivity contribution in [1.82, 2.24) is 14.8 Å². The molecule has 0 N–H and O–H groups in total. The Bertz CT molecular complexity index is 1170. The molecule has 148 valence electrons. The number of nitrogens with zero attached hydrogens (tertiary/aromatic N) is 4. The number of allylic oxidation sites excluding steroid dienone is 1. The number of anilines is 2. The van der Waals surface area contributed by atoms with Crippen LogP contribution in [0.1, 0.15) is 35.1 Å². The number of Topliss-reactive ketones (excluding diaryl/α,β-unsaturated/α-hetero) is 1. The molecule has 0 saturated heterocycles. The Morgan fingerprint density at radius 3 is 2.83 bits per heavy atom. The maximum Gasteiger partial charge on any atom is 0.230 e. The van der Waals surface area contributed by atoms with E-state index in [1.165, 1.54) is 13.0 Å². The normalized spacial score (nSPS) is 14.9. The maximum absolute atomic E-state index is 14.2. The molecule has 0 spiro atoms. The molecule has 1 aromatic carbocycles. The number of amides is 1. The Morgan fingerprint density at radius 2 is 2.10 bits per heavy atom. The third-order valence-electron chi connectivity index (χ3n) is 4.72. The second-order valence-electron chi connectivity index (χ2n) is 6.63. The Morgan fingerprint density at radius 1 is 1.31 bits per heavy atom. The maximum atomic E-state index is 14.2. The van der Waals surface area contributed by atoms with Gasteiger partial charge in [-0.1, -0.05) is 0 Å². The van der Waals surface area contributed by atoms with Gasteiger partial charge in [0.25, 0.3) is 0 Å². The molecular weight excluding hydrogens is 398 g/mol.